The summed E-state index contributed by atoms with van der Waals surface area (Å²) in [5.74, 6) is -2.06. The van der Waals surface area contributed by atoms with Crippen LogP contribution in [0.25, 0.3) is 28.2 Å². The third-order valence-corrected chi connectivity index (χ3v) is 6.35. The van der Waals surface area contributed by atoms with Crippen molar-refractivity contribution < 1.29 is 18.7 Å². The predicted octanol–water partition coefficient (Wildman–Crippen LogP) is 2.65. The van der Waals surface area contributed by atoms with E-state index in [1.165, 1.54) is 12.1 Å². The van der Waals surface area contributed by atoms with Gasteiger partial charge in [-0.15, -0.1) is 5.10 Å². The molecule has 0 spiro atoms. The van der Waals surface area contributed by atoms with Crippen molar-refractivity contribution in [1.82, 2.24) is 30.1 Å². The zero-order chi connectivity index (χ0) is 25.9. The Hall–Kier alpha value is -4.29. The summed E-state index contributed by atoms with van der Waals surface area (Å²) in [6.45, 7) is 1.06. The van der Waals surface area contributed by atoms with Crippen LogP contribution >= 0.6 is 0 Å². The second-order valence-electron chi connectivity index (χ2n) is 8.72. The lowest BCUT2D eigenvalue weighted by atomic mass is 10.0. The Balaban J connectivity index is 1.36. The highest BCUT2D eigenvalue weighted by Crippen LogP contribution is 2.30. The Kier molecular flexibility index (Phi) is 6.84. The van der Waals surface area contributed by atoms with Crippen molar-refractivity contribution in [3.63, 3.8) is 0 Å². The summed E-state index contributed by atoms with van der Waals surface area (Å²) in [5, 5.41) is 23.7. The van der Waals surface area contributed by atoms with Crippen molar-refractivity contribution in [3.05, 3.63) is 66.4 Å². The molecule has 1 aliphatic rings. The zero-order valence-corrected chi connectivity index (χ0v) is 19.7. The molecule has 0 radical (unpaired) electrons. The molecule has 1 saturated heterocycles. The number of nitrogen functional groups attached to an aromatic ring is 1. The molecule has 0 bridgehead atoms. The molecule has 0 aliphatic carbocycles. The van der Waals surface area contributed by atoms with E-state index in [1.807, 2.05) is 17.0 Å². The zero-order valence-electron chi connectivity index (χ0n) is 19.7. The summed E-state index contributed by atoms with van der Waals surface area (Å²) in [6.07, 6.45) is 3.43. The smallest absolute Gasteiger partial charge is 0.238 e. The first-order chi connectivity index (χ1) is 17.9. The van der Waals surface area contributed by atoms with Gasteiger partial charge in [0.15, 0.2) is 17.5 Å². The van der Waals surface area contributed by atoms with Crippen LogP contribution in [0.4, 0.5) is 20.3 Å². The van der Waals surface area contributed by atoms with Gasteiger partial charge >= 0.3 is 0 Å². The maximum Gasteiger partial charge on any atom is 0.238 e. The van der Waals surface area contributed by atoms with Gasteiger partial charge in [-0.1, -0.05) is 18.2 Å². The summed E-state index contributed by atoms with van der Waals surface area (Å²) in [7, 11) is 0. The van der Waals surface area contributed by atoms with E-state index in [0.717, 1.165) is 35.7 Å². The van der Waals surface area contributed by atoms with Gasteiger partial charge in [0.2, 0.25) is 5.91 Å². The van der Waals surface area contributed by atoms with Crippen LogP contribution in [0, 0.1) is 11.6 Å². The monoisotopic (exact) mass is 506 g/mol. The first kappa shape index (κ1) is 24.4. The van der Waals surface area contributed by atoms with E-state index in [4.69, 9.17) is 5.73 Å². The average Bonchev–Trinajstić information content (AvgIpc) is 3.56. The number of aromatic nitrogens is 5. The number of pyridine rings is 1. The van der Waals surface area contributed by atoms with Gasteiger partial charge in [0.1, 0.15) is 11.5 Å². The molecule has 1 atom stereocenters. The van der Waals surface area contributed by atoms with Crippen LogP contribution in [0.2, 0.25) is 0 Å². The van der Waals surface area contributed by atoms with Gasteiger partial charge in [-0.25, -0.2) is 13.8 Å². The van der Waals surface area contributed by atoms with Crippen LogP contribution in [-0.2, 0) is 4.79 Å². The van der Waals surface area contributed by atoms with Crippen molar-refractivity contribution >= 4 is 17.4 Å². The normalized spacial score (nSPS) is 15.7. The Morgan fingerprint density at radius 1 is 1.16 bits per heavy atom. The van der Waals surface area contributed by atoms with E-state index < -0.39 is 11.6 Å². The highest BCUT2D eigenvalue weighted by atomic mass is 19.2. The van der Waals surface area contributed by atoms with Crippen molar-refractivity contribution in [2.45, 2.75) is 18.9 Å². The number of hydrogen-bond acceptors (Lipinski definition) is 8. The number of nitrogens with two attached hydrogens (primary N) is 1. The third kappa shape index (κ3) is 5.01. The minimum atomic E-state index is -1.09. The van der Waals surface area contributed by atoms with Crippen LogP contribution in [0.5, 0.6) is 0 Å². The number of anilines is 2. The maximum atomic E-state index is 14.4. The molecule has 10 nitrogen and oxygen atoms in total. The molecule has 3 heterocycles. The van der Waals surface area contributed by atoms with Crippen LogP contribution < -0.4 is 11.1 Å². The van der Waals surface area contributed by atoms with E-state index in [1.54, 1.807) is 24.4 Å². The van der Waals surface area contributed by atoms with Gasteiger partial charge in [-0.3, -0.25) is 9.69 Å². The SMILES string of the molecule is Nc1ncc(-c2ccc(NC(=O)CN3CCCC3CO)cc2)cc1-c1nnnn1-c1cccc(F)c1F. The topological polar surface area (TPSA) is 135 Å². The summed E-state index contributed by atoms with van der Waals surface area (Å²) in [6, 6.07) is 12.6. The number of tetrazole rings is 1. The number of likely N-dealkylation sites (tertiary alicyclic amines) is 1. The van der Waals surface area contributed by atoms with Gasteiger partial charge in [-0.05, 0) is 65.7 Å². The molecule has 2 aromatic heterocycles. The summed E-state index contributed by atoms with van der Waals surface area (Å²) < 4.78 is 29.3. The molecule has 5 rings (SSSR count). The quantitative estimate of drug-likeness (QED) is 0.348. The van der Waals surface area contributed by atoms with Gasteiger partial charge in [0, 0.05) is 23.5 Å². The lowest BCUT2D eigenvalue weighted by molar-refractivity contribution is -0.117. The lowest BCUT2D eigenvalue weighted by Crippen LogP contribution is -2.38. The number of amides is 1. The second kappa shape index (κ2) is 10.4. The van der Waals surface area contributed by atoms with Gasteiger partial charge in [0.05, 0.1) is 18.7 Å². The van der Waals surface area contributed by atoms with Crippen LogP contribution in [-0.4, -0.2) is 66.8 Å². The van der Waals surface area contributed by atoms with E-state index in [0.29, 0.717) is 16.8 Å². The van der Waals surface area contributed by atoms with Crippen LogP contribution in [0.1, 0.15) is 12.8 Å². The predicted molar refractivity (Wildman–Crippen MR) is 132 cm³/mol. The standard InChI is InChI=1S/C25H24F2N8O2/c26-20-4-1-5-21(23(20)27)35-25(31-32-33-35)19-11-16(12-29-24(19)28)15-6-8-17(9-7-15)30-22(37)13-34-10-2-3-18(34)14-36/h1,4-9,11-12,18,36H,2-3,10,13-14H2,(H2,28,29)(H,30,37). The number of aliphatic hydroxyl groups is 1. The fourth-order valence-corrected chi connectivity index (χ4v) is 4.43. The number of benzene rings is 2. The Bertz CT molecular complexity index is 1430. The third-order valence-electron chi connectivity index (χ3n) is 6.35. The van der Waals surface area contributed by atoms with E-state index in [9.17, 15) is 18.7 Å². The molecular weight excluding hydrogens is 482 g/mol. The van der Waals surface area contributed by atoms with Crippen molar-refractivity contribution in [2.24, 2.45) is 0 Å². The fraction of sp³-hybridized carbons (Fsp3) is 0.240. The Labute approximate surface area is 210 Å². The molecular formula is C25H24F2N8O2. The molecule has 12 heteroatoms. The van der Waals surface area contributed by atoms with Crippen molar-refractivity contribution in [1.29, 1.82) is 0 Å². The van der Waals surface area contributed by atoms with Crippen LogP contribution in [0.3, 0.4) is 0 Å². The summed E-state index contributed by atoms with van der Waals surface area (Å²) in [4.78, 5) is 18.7. The lowest BCUT2D eigenvalue weighted by Gasteiger charge is -2.21. The number of nitrogens with one attached hydrogen (secondary N) is 1. The first-order valence-corrected chi connectivity index (χ1v) is 11.7. The van der Waals surface area contributed by atoms with Gasteiger partial charge in [0.25, 0.3) is 0 Å². The molecule has 1 unspecified atom stereocenters. The molecule has 190 valence electrons. The Morgan fingerprint density at radius 2 is 1.97 bits per heavy atom. The number of carbonyl (C=O) groups is 1. The average molecular weight is 507 g/mol. The number of aliphatic hydroxyl groups excluding tert-OH is 1. The minimum absolute atomic E-state index is 0.0266. The Morgan fingerprint density at radius 3 is 2.76 bits per heavy atom. The van der Waals surface area contributed by atoms with Gasteiger partial charge < -0.3 is 16.2 Å². The van der Waals surface area contributed by atoms with E-state index in [2.05, 4.69) is 25.8 Å². The number of hydrogen-bond donors (Lipinski definition) is 3. The number of rotatable bonds is 7. The van der Waals surface area contributed by atoms with Crippen molar-refractivity contribution in [3.8, 4) is 28.2 Å². The molecule has 1 amide bonds. The summed E-state index contributed by atoms with van der Waals surface area (Å²) in [5.41, 5.74) is 8.35. The van der Waals surface area contributed by atoms with Crippen molar-refractivity contribution in [2.75, 3.05) is 30.7 Å². The highest BCUT2D eigenvalue weighted by molar-refractivity contribution is 5.92. The largest absolute Gasteiger partial charge is 0.395 e. The molecule has 0 saturated carbocycles. The van der Waals surface area contributed by atoms with Crippen LogP contribution in [0.15, 0.2) is 54.7 Å². The number of carbonyl (C=O) groups excluding carboxylic acids is 1. The molecule has 1 fully saturated rings. The first-order valence-electron chi connectivity index (χ1n) is 11.7. The number of nitrogens with zero attached hydrogens (tertiary/aromatic N) is 6. The fourth-order valence-electron chi connectivity index (χ4n) is 4.43. The summed E-state index contributed by atoms with van der Waals surface area (Å²) >= 11 is 0. The van der Waals surface area contributed by atoms with Gasteiger partial charge in [-0.2, -0.15) is 4.68 Å². The molecule has 4 N–H and O–H groups in total. The highest BCUT2D eigenvalue weighted by Gasteiger charge is 2.25. The van der Waals surface area contributed by atoms with E-state index >= 15 is 0 Å². The molecule has 1 aliphatic heterocycles. The minimum Gasteiger partial charge on any atom is -0.395 e. The number of halogens is 2. The molecule has 2 aromatic carbocycles. The molecule has 4 aromatic rings. The maximum absolute atomic E-state index is 14.4. The second-order valence-corrected chi connectivity index (χ2v) is 8.72. The van der Waals surface area contributed by atoms with E-state index in [-0.39, 0.29) is 42.4 Å². The molecule has 37 heavy (non-hydrogen) atoms.